The van der Waals surface area contributed by atoms with Gasteiger partial charge in [-0.1, -0.05) is 18.2 Å². The molecule has 1 N–H and O–H groups in total. The molecule has 18 heavy (non-hydrogen) atoms. The Bertz CT molecular complexity index is 499. The van der Waals surface area contributed by atoms with E-state index in [1.54, 1.807) is 17.4 Å². The van der Waals surface area contributed by atoms with E-state index in [1.807, 2.05) is 6.07 Å². The zero-order valence-electron chi connectivity index (χ0n) is 10.1. The van der Waals surface area contributed by atoms with Crippen molar-refractivity contribution in [2.24, 2.45) is 0 Å². The van der Waals surface area contributed by atoms with E-state index in [1.165, 1.54) is 10.9 Å². The molecule has 0 fully saturated rings. The molecule has 2 rings (SSSR count). The Hall–Kier alpha value is -0.710. The lowest BCUT2D eigenvalue weighted by Gasteiger charge is -2.14. The van der Waals surface area contributed by atoms with Crippen LogP contribution in [0, 0.1) is 5.82 Å². The number of halogens is 2. The summed E-state index contributed by atoms with van der Waals surface area (Å²) in [7, 11) is 0. The topological polar surface area (TPSA) is 12.0 Å². The minimum absolute atomic E-state index is 0.208. The molecular formula is C14H15BrFNS. The summed E-state index contributed by atoms with van der Waals surface area (Å²) >= 11 is 5.05. The van der Waals surface area contributed by atoms with Crippen molar-refractivity contribution in [2.75, 3.05) is 0 Å². The maximum absolute atomic E-state index is 13.3. The third-order valence-corrected chi connectivity index (χ3v) is 4.55. The third-order valence-electron chi connectivity index (χ3n) is 2.76. The van der Waals surface area contributed by atoms with Crippen LogP contribution in [0.3, 0.4) is 0 Å². The van der Waals surface area contributed by atoms with E-state index in [0.29, 0.717) is 17.1 Å². The molecule has 0 amide bonds. The average molecular weight is 328 g/mol. The Labute approximate surface area is 119 Å². The lowest BCUT2D eigenvalue weighted by molar-refractivity contribution is 0.543. The molecule has 0 saturated heterocycles. The molecule has 0 aliphatic carbocycles. The van der Waals surface area contributed by atoms with Gasteiger partial charge in [0, 0.05) is 17.5 Å². The number of hydrogen-bond acceptors (Lipinski definition) is 2. The van der Waals surface area contributed by atoms with Crippen LogP contribution in [0.1, 0.15) is 17.4 Å². The third kappa shape index (κ3) is 3.64. The van der Waals surface area contributed by atoms with Gasteiger partial charge in [-0.3, -0.25) is 0 Å². The quantitative estimate of drug-likeness (QED) is 0.859. The molecule has 1 aromatic carbocycles. The molecule has 0 spiro atoms. The summed E-state index contributed by atoms with van der Waals surface area (Å²) < 4.78 is 13.9. The van der Waals surface area contributed by atoms with Crippen LogP contribution >= 0.6 is 27.3 Å². The maximum Gasteiger partial charge on any atom is 0.137 e. The second-order valence-electron chi connectivity index (χ2n) is 4.28. The highest BCUT2D eigenvalue weighted by molar-refractivity contribution is 9.10. The Balaban J connectivity index is 1.89. The predicted molar refractivity (Wildman–Crippen MR) is 78.4 cm³/mol. The van der Waals surface area contributed by atoms with E-state index in [0.717, 1.165) is 12.0 Å². The van der Waals surface area contributed by atoms with Crippen LogP contribution in [0.4, 0.5) is 4.39 Å². The molecule has 1 nitrogen and oxygen atoms in total. The van der Waals surface area contributed by atoms with E-state index in [9.17, 15) is 4.39 Å². The van der Waals surface area contributed by atoms with Crippen molar-refractivity contribution in [3.8, 4) is 0 Å². The molecule has 4 heteroatoms. The van der Waals surface area contributed by atoms with Crippen LogP contribution in [-0.4, -0.2) is 6.04 Å². The average Bonchev–Trinajstić information content (AvgIpc) is 2.84. The van der Waals surface area contributed by atoms with Gasteiger partial charge < -0.3 is 5.32 Å². The zero-order valence-corrected chi connectivity index (χ0v) is 12.5. The number of rotatable bonds is 5. The Morgan fingerprint density at radius 3 is 2.89 bits per heavy atom. The highest BCUT2D eigenvalue weighted by Crippen LogP contribution is 2.20. The summed E-state index contributed by atoms with van der Waals surface area (Å²) in [6, 6.07) is 9.71. The Morgan fingerprint density at radius 2 is 2.17 bits per heavy atom. The van der Waals surface area contributed by atoms with Gasteiger partial charge in [0.2, 0.25) is 0 Å². The molecule has 0 bridgehead atoms. The lowest BCUT2D eigenvalue weighted by atomic mass is 10.1. The standard InChI is InChI=1S/C14H15BrFNS/c1-10(8-12-5-3-7-18-12)17-9-11-4-2-6-13(16)14(11)15/h2-7,10,17H,8-9H2,1H3. The van der Waals surface area contributed by atoms with Gasteiger partial charge in [0.15, 0.2) is 0 Å². The largest absolute Gasteiger partial charge is 0.310 e. The Kier molecular flexibility index (Phi) is 4.92. The minimum atomic E-state index is -0.208. The highest BCUT2D eigenvalue weighted by atomic mass is 79.9. The SMILES string of the molecule is CC(Cc1cccs1)NCc1cccc(F)c1Br. The summed E-state index contributed by atoms with van der Waals surface area (Å²) in [6.07, 6.45) is 1.00. The molecule has 0 aliphatic rings. The van der Waals surface area contributed by atoms with Crippen molar-refractivity contribution < 1.29 is 4.39 Å². The molecule has 2 aromatic rings. The molecule has 1 aromatic heterocycles. The summed E-state index contributed by atoms with van der Waals surface area (Å²) in [5, 5.41) is 5.50. The molecule has 1 atom stereocenters. The van der Waals surface area contributed by atoms with Crippen LogP contribution in [-0.2, 0) is 13.0 Å². The second kappa shape index (κ2) is 6.45. The van der Waals surface area contributed by atoms with Crippen molar-refractivity contribution in [3.05, 3.63) is 56.4 Å². The van der Waals surface area contributed by atoms with Gasteiger partial charge in [-0.2, -0.15) is 0 Å². The second-order valence-corrected chi connectivity index (χ2v) is 6.10. The highest BCUT2D eigenvalue weighted by Gasteiger charge is 2.07. The van der Waals surface area contributed by atoms with Crippen molar-refractivity contribution in [1.82, 2.24) is 5.32 Å². The van der Waals surface area contributed by atoms with Crippen LogP contribution in [0.2, 0.25) is 0 Å². The van der Waals surface area contributed by atoms with E-state index in [-0.39, 0.29) is 5.82 Å². The number of thiophene rings is 1. The first-order valence-corrected chi connectivity index (χ1v) is 7.52. The van der Waals surface area contributed by atoms with Crippen molar-refractivity contribution >= 4 is 27.3 Å². The fourth-order valence-corrected chi connectivity index (χ4v) is 3.01. The van der Waals surface area contributed by atoms with Crippen LogP contribution in [0.5, 0.6) is 0 Å². The molecule has 96 valence electrons. The van der Waals surface area contributed by atoms with Gasteiger partial charge in [0.1, 0.15) is 5.82 Å². The van der Waals surface area contributed by atoms with E-state index in [2.05, 4.69) is 45.7 Å². The summed E-state index contributed by atoms with van der Waals surface area (Å²) in [5.74, 6) is -0.208. The van der Waals surface area contributed by atoms with Crippen molar-refractivity contribution in [3.63, 3.8) is 0 Å². The van der Waals surface area contributed by atoms with Crippen molar-refractivity contribution in [2.45, 2.75) is 25.9 Å². The fourth-order valence-electron chi connectivity index (χ4n) is 1.77. The first-order valence-electron chi connectivity index (χ1n) is 5.85. The van der Waals surface area contributed by atoms with Crippen molar-refractivity contribution in [1.29, 1.82) is 0 Å². The van der Waals surface area contributed by atoms with Gasteiger partial charge in [-0.15, -0.1) is 11.3 Å². The van der Waals surface area contributed by atoms with Gasteiger partial charge >= 0.3 is 0 Å². The first-order chi connectivity index (χ1) is 8.66. The van der Waals surface area contributed by atoms with Crippen LogP contribution < -0.4 is 5.32 Å². The Morgan fingerprint density at radius 1 is 1.33 bits per heavy atom. The summed E-state index contributed by atoms with van der Waals surface area (Å²) in [6.45, 7) is 2.82. The maximum atomic E-state index is 13.3. The van der Waals surface area contributed by atoms with Gasteiger partial charge in [0.25, 0.3) is 0 Å². The van der Waals surface area contributed by atoms with E-state index in [4.69, 9.17) is 0 Å². The first kappa shape index (κ1) is 13.7. The fraction of sp³-hybridized carbons (Fsp3) is 0.286. The lowest BCUT2D eigenvalue weighted by Crippen LogP contribution is -2.27. The minimum Gasteiger partial charge on any atom is -0.310 e. The summed E-state index contributed by atoms with van der Waals surface area (Å²) in [4.78, 5) is 1.37. The molecule has 1 heterocycles. The normalized spacial score (nSPS) is 12.6. The van der Waals surface area contributed by atoms with Crippen LogP contribution in [0.15, 0.2) is 40.2 Å². The molecule has 0 aliphatic heterocycles. The van der Waals surface area contributed by atoms with Crippen LogP contribution in [0.25, 0.3) is 0 Å². The van der Waals surface area contributed by atoms with Gasteiger partial charge in [-0.25, -0.2) is 4.39 Å². The van der Waals surface area contributed by atoms with Gasteiger partial charge in [-0.05, 0) is 52.4 Å². The molecule has 0 radical (unpaired) electrons. The smallest absolute Gasteiger partial charge is 0.137 e. The molecule has 0 saturated carbocycles. The number of benzene rings is 1. The summed E-state index contributed by atoms with van der Waals surface area (Å²) in [5.41, 5.74) is 0.952. The van der Waals surface area contributed by atoms with E-state index >= 15 is 0 Å². The van der Waals surface area contributed by atoms with E-state index < -0.39 is 0 Å². The van der Waals surface area contributed by atoms with Gasteiger partial charge in [0.05, 0.1) is 4.47 Å². The molecule has 1 unspecified atom stereocenters. The number of hydrogen-bond donors (Lipinski definition) is 1. The zero-order chi connectivity index (χ0) is 13.0. The monoisotopic (exact) mass is 327 g/mol. The number of nitrogens with one attached hydrogen (secondary N) is 1. The molecular weight excluding hydrogens is 313 g/mol. The predicted octanol–water partition coefficient (Wildman–Crippen LogP) is 4.37.